The molecule has 2 aliphatic rings. The normalized spacial score (nSPS) is 22.0. The van der Waals surface area contributed by atoms with Gasteiger partial charge in [0.25, 0.3) is 0 Å². The lowest BCUT2D eigenvalue weighted by Crippen LogP contribution is -2.73. The molecule has 6 nitrogen and oxygen atoms in total. The molecule has 0 aliphatic carbocycles. The Morgan fingerprint density at radius 3 is 2.23 bits per heavy atom. The van der Waals surface area contributed by atoms with E-state index in [0.717, 1.165) is 16.7 Å². The summed E-state index contributed by atoms with van der Waals surface area (Å²) in [6.07, 6.45) is 0.669. The first-order chi connectivity index (χ1) is 17.0. The van der Waals surface area contributed by atoms with Crippen molar-refractivity contribution in [2.75, 3.05) is 19.7 Å². The summed E-state index contributed by atoms with van der Waals surface area (Å²) in [5.41, 5.74) is 3.01. The molecule has 7 heteroatoms. The molecule has 3 aromatic rings. The molecule has 1 N–H and O–H groups in total. The first-order valence-electron chi connectivity index (χ1n) is 11.6. The third kappa shape index (κ3) is 4.48. The second kappa shape index (κ2) is 9.67. The molecule has 0 bridgehead atoms. The van der Waals surface area contributed by atoms with Crippen molar-refractivity contribution in [2.24, 2.45) is 0 Å². The van der Waals surface area contributed by atoms with Crippen molar-refractivity contribution in [2.45, 2.75) is 29.3 Å². The lowest BCUT2D eigenvalue weighted by atomic mass is 9.74. The summed E-state index contributed by atoms with van der Waals surface area (Å²) in [5.74, 6) is 5.94. The minimum Gasteiger partial charge on any atom is -0.394 e. The molecule has 5 rings (SSSR count). The molecule has 0 unspecified atom stereocenters. The first kappa shape index (κ1) is 23.3. The second-order valence-electron chi connectivity index (χ2n) is 8.84. The Balaban J connectivity index is 1.34. The molecule has 3 aromatic carbocycles. The van der Waals surface area contributed by atoms with Gasteiger partial charge in [0.2, 0.25) is 15.9 Å². The van der Waals surface area contributed by atoms with E-state index in [-0.39, 0.29) is 48.5 Å². The van der Waals surface area contributed by atoms with Crippen LogP contribution in [0, 0.1) is 11.8 Å². The highest BCUT2D eigenvalue weighted by molar-refractivity contribution is 7.89. The molecule has 35 heavy (non-hydrogen) atoms. The van der Waals surface area contributed by atoms with Crippen molar-refractivity contribution in [1.82, 2.24) is 9.21 Å². The van der Waals surface area contributed by atoms with Gasteiger partial charge < -0.3 is 10.0 Å². The number of carbonyl (C=O) groups is 1. The van der Waals surface area contributed by atoms with Crippen LogP contribution in [0.4, 0.5) is 0 Å². The minimum atomic E-state index is -3.78. The van der Waals surface area contributed by atoms with Crippen LogP contribution in [0.15, 0.2) is 89.8 Å². The summed E-state index contributed by atoms with van der Waals surface area (Å²) in [6.45, 7) is -0.188. The Hall–Kier alpha value is -3.44. The summed E-state index contributed by atoms with van der Waals surface area (Å²) < 4.78 is 27.5. The number of hydrogen-bond donors (Lipinski definition) is 1. The highest BCUT2D eigenvalue weighted by atomic mass is 32.2. The largest absolute Gasteiger partial charge is 0.394 e. The number of amides is 1. The van der Waals surface area contributed by atoms with E-state index < -0.39 is 10.0 Å². The van der Waals surface area contributed by atoms with Crippen molar-refractivity contribution < 1.29 is 18.3 Å². The summed E-state index contributed by atoms with van der Waals surface area (Å²) in [4.78, 5) is 14.7. The maximum atomic E-state index is 13.1. The molecule has 2 saturated heterocycles. The van der Waals surface area contributed by atoms with Gasteiger partial charge in [-0.25, -0.2) is 8.42 Å². The zero-order valence-electron chi connectivity index (χ0n) is 19.1. The summed E-state index contributed by atoms with van der Waals surface area (Å²) in [7, 11) is -3.78. The lowest BCUT2D eigenvalue weighted by Gasteiger charge is -2.58. The molecule has 0 aromatic heterocycles. The molecule has 2 heterocycles. The van der Waals surface area contributed by atoms with Crippen LogP contribution in [0.2, 0.25) is 0 Å². The number of nitrogens with zero attached hydrogens (tertiary/aromatic N) is 2. The van der Waals surface area contributed by atoms with Gasteiger partial charge in [0.1, 0.15) is 0 Å². The highest BCUT2D eigenvalue weighted by Gasteiger charge is 2.55. The van der Waals surface area contributed by atoms with Crippen molar-refractivity contribution >= 4 is 15.9 Å². The average Bonchev–Trinajstić information content (AvgIpc) is 2.87. The van der Waals surface area contributed by atoms with Gasteiger partial charge in [0, 0.05) is 24.4 Å². The molecule has 178 valence electrons. The molecule has 2 fully saturated rings. The van der Waals surface area contributed by atoms with Crippen LogP contribution in [-0.2, 0) is 21.2 Å². The van der Waals surface area contributed by atoms with Crippen LogP contribution < -0.4 is 0 Å². The quantitative estimate of drug-likeness (QED) is 0.563. The third-order valence-corrected chi connectivity index (χ3v) is 8.59. The Labute approximate surface area is 205 Å². The topological polar surface area (TPSA) is 77.9 Å². The number of fused-ring (bicyclic) bond motifs is 1. The van der Waals surface area contributed by atoms with Gasteiger partial charge in [0.15, 0.2) is 0 Å². The van der Waals surface area contributed by atoms with Crippen molar-refractivity contribution in [3.05, 3.63) is 102 Å². The number of piperazine rings is 1. The van der Waals surface area contributed by atoms with Gasteiger partial charge in [-0.15, -0.1) is 0 Å². The van der Waals surface area contributed by atoms with Gasteiger partial charge in [-0.1, -0.05) is 72.5 Å². The highest BCUT2D eigenvalue weighted by Crippen LogP contribution is 2.43. The van der Waals surface area contributed by atoms with Gasteiger partial charge in [-0.05, 0) is 35.4 Å². The van der Waals surface area contributed by atoms with Crippen LogP contribution >= 0.6 is 0 Å². The van der Waals surface area contributed by atoms with E-state index in [0.29, 0.717) is 6.42 Å². The maximum absolute atomic E-state index is 13.1. The first-order valence-corrected chi connectivity index (χ1v) is 13.0. The summed E-state index contributed by atoms with van der Waals surface area (Å²) >= 11 is 0. The summed E-state index contributed by atoms with van der Waals surface area (Å²) in [6, 6.07) is 25.4. The van der Waals surface area contributed by atoms with Crippen molar-refractivity contribution in [1.29, 1.82) is 0 Å². The maximum Gasteiger partial charge on any atom is 0.243 e. The minimum absolute atomic E-state index is 0.149. The number of carbonyl (C=O) groups excluding carboxylic acids is 1. The molecule has 1 amide bonds. The number of hydrogen-bond acceptors (Lipinski definition) is 4. The smallest absolute Gasteiger partial charge is 0.243 e. The molecular formula is C28H26N2O4S. The number of aliphatic hydroxyl groups excluding tert-OH is 1. The molecular weight excluding hydrogens is 460 g/mol. The zero-order valence-corrected chi connectivity index (χ0v) is 19.9. The van der Waals surface area contributed by atoms with Crippen LogP contribution in [0.3, 0.4) is 0 Å². The fraction of sp³-hybridized carbons (Fsp3) is 0.250. The van der Waals surface area contributed by atoms with Gasteiger partial charge in [-0.2, -0.15) is 4.31 Å². The Kier molecular flexibility index (Phi) is 6.44. The molecule has 0 spiro atoms. The van der Waals surface area contributed by atoms with E-state index >= 15 is 0 Å². The fourth-order valence-electron chi connectivity index (χ4n) is 5.03. The van der Waals surface area contributed by atoms with E-state index in [1.807, 2.05) is 54.6 Å². The molecule has 3 atom stereocenters. The average molecular weight is 487 g/mol. The second-order valence-corrected chi connectivity index (χ2v) is 10.8. The lowest BCUT2D eigenvalue weighted by molar-refractivity contribution is -0.158. The van der Waals surface area contributed by atoms with Gasteiger partial charge in [0.05, 0.1) is 30.1 Å². The Bertz CT molecular complexity index is 1360. The van der Waals surface area contributed by atoms with Crippen LogP contribution in [-0.4, -0.2) is 60.4 Å². The monoisotopic (exact) mass is 486 g/mol. The van der Waals surface area contributed by atoms with Gasteiger partial charge >= 0.3 is 0 Å². The van der Waals surface area contributed by atoms with Crippen LogP contribution in [0.5, 0.6) is 0 Å². The molecule has 2 aliphatic heterocycles. The number of sulfonamides is 1. The zero-order chi connectivity index (χ0) is 24.4. The molecule has 0 saturated carbocycles. The number of benzene rings is 3. The number of rotatable bonds is 5. The standard InChI is InChI=1S/C28H26N2O4S/c31-20-26-28(23-16-14-22(15-17-23)11-7-10-21-8-3-1-4-9-21)25-18-29(19-27(32)30(25)26)35(33,34)24-12-5-2-6-13-24/h1-6,8-9,12-17,25-26,28,31H,10,18-20H2/t25-,26-,28+/m0/s1. The Morgan fingerprint density at radius 1 is 0.914 bits per heavy atom. The van der Waals surface area contributed by atoms with Crippen LogP contribution in [0.25, 0.3) is 0 Å². The number of aliphatic hydroxyl groups is 1. The third-order valence-electron chi connectivity index (χ3n) is 6.77. The van der Waals surface area contributed by atoms with Crippen molar-refractivity contribution in [3.63, 3.8) is 0 Å². The fourth-order valence-corrected chi connectivity index (χ4v) is 6.46. The summed E-state index contributed by atoms with van der Waals surface area (Å²) in [5, 5.41) is 10.0. The van der Waals surface area contributed by atoms with Gasteiger partial charge in [-0.3, -0.25) is 4.79 Å². The van der Waals surface area contributed by atoms with E-state index in [2.05, 4.69) is 11.8 Å². The van der Waals surface area contributed by atoms with Crippen molar-refractivity contribution in [3.8, 4) is 11.8 Å². The SMILES string of the molecule is O=C1CN(S(=O)(=O)c2ccccc2)C[C@H]2[C@@H](c3ccc(C#CCc4ccccc4)cc3)[C@H](CO)N12. The van der Waals surface area contributed by atoms with Crippen LogP contribution in [0.1, 0.15) is 22.6 Å². The molecule has 0 radical (unpaired) electrons. The Morgan fingerprint density at radius 2 is 1.57 bits per heavy atom. The predicted octanol–water partition coefficient (Wildman–Crippen LogP) is 2.64. The van der Waals surface area contributed by atoms with E-state index in [1.54, 1.807) is 35.2 Å². The van der Waals surface area contributed by atoms with E-state index in [4.69, 9.17) is 0 Å². The van der Waals surface area contributed by atoms with E-state index in [1.165, 1.54) is 4.31 Å². The van der Waals surface area contributed by atoms with E-state index in [9.17, 15) is 18.3 Å². The predicted molar refractivity (Wildman–Crippen MR) is 133 cm³/mol.